The predicted octanol–water partition coefficient (Wildman–Crippen LogP) is 3.15. The molecule has 1 atom stereocenters. The molecule has 0 spiro atoms. The summed E-state index contributed by atoms with van der Waals surface area (Å²) in [5.74, 6) is -1.05. The summed E-state index contributed by atoms with van der Waals surface area (Å²) in [5.41, 5.74) is 16.8. The summed E-state index contributed by atoms with van der Waals surface area (Å²) in [6.07, 6.45) is -1.35. The van der Waals surface area contributed by atoms with Gasteiger partial charge in [0.05, 0.1) is 5.56 Å². The molecular weight excluding hydrogens is 453 g/mol. The molecule has 0 bridgehead atoms. The average Bonchev–Trinajstić information content (AvgIpc) is 2.79. The van der Waals surface area contributed by atoms with Crippen LogP contribution < -0.4 is 22.5 Å². The van der Waals surface area contributed by atoms with E-state index in [1.54, 1.807) is 30.3 Å². The van der Waals surface area contributed by atoms with E-state index < -0.39 is 23.8 Å². The Balaban J connectivity index is 0.000000484. The summed E-state index contributed by atoms with van der Waals surface area (Å²) in [6, 6.07) is 11.0. The van der Waals surface area contributed by atoms with Crippen molar-refractivity contribution < 1.29 is 32.7 Å². The molecule has 0 aliphatic carbocycles. The first-order valence-electron chi connectivity index (χ1n) is 10.3. The van der Waals surface area contributed by atoms with Gasteiger partial charge in [0.1, 0.15) is 12.3 Å². The number of carbonyl (C=O) groups is 3. The van der Waals surface area contributed by atoms with Crippen molar-refractivity contribution in [3.63, 3.8) is 0 Å². The summed E-state index contributed by atoms with van der Waals surface area (Å²) in [7, 11) is 0. The number of aliphatic carboxylic acids is 1. The molecule has 0 fully saturated rings. The molecule has 0 saturated heterocycles. The Labute approximate surface area is 196 Å². The third kappa shape index (κ3) is 14.0. The number of benzene rings is 2. The lowest BCUT2D eigenvalue weighted by molar-refractivity contribution is -0.139. The number of aldehydes is 1. The van der Waals surface area contributed by atoms with E-state index in [1.165, 1.54) is 13.0 Å². The van der Waals surface area contributed by atoms with Crippen molar-refractivity contribution in [1.82, 2.24) is 0 Å². The monoisotopic (exact) mass is 484 g/mol. The lowest BCUT2D eigenvalue weighted by Crippen LogP contribution is -2.29. The molecule has 2 rings (SSSR count). The third-order valence-corrected chi connectivity index (χ3v) is 4.14. The summed E-state index contributed by atoms with van der Waals surface area (Å²) < 4.78 is 36.2. The van der Waals surface area contributed by atoms with Crippen LogP contribution in [0.15, 0.2) is 48.5 Å². The third-order valence-electron chi connectivity index (χ3n) is 4.14. The van der Waals surface area contributed by atoms with Crippen molar-refractivity contribution in [2.75, 3.05) is 11.9 Å². The number of hydrogen-bond acceptors (Lipinski definition) is 6. The number of anilines is 1. The minimum absolute atomic E-state index is 0.117. The molecule has 0 aliphatic rings. The average molecular weight is 485 g/mol. The fraction of sp³-hybridized carbons (Fsp3) is 0.348. The molecule has 1 amide bonds. The van der Waals surface area contributed by atoms with Gasteiger partial charge in [0.25, 0.3) is 0 Å². The Kier molecular flexibility index (Phi) is 14.8. The van der Waals surface area contributed by atoms with E-state index in [2.05, 4.69) is 5.32 Å². The molecular formula is C23H31F3N4O4. The van der Waals surface area contributed by atoms with Gasteiger partial charge in [0.2, 0.25) is 5.91 Å². The lowest BCUT2D eigenvalue weighted by Gasteiger charge is -2.06. The van der Waals surface area contributed by atoms with Crippen molar-refractivity contribution in [3.8, 4) is 0 Å². The summed E-state index contributed by atoms with van der Waals surface area (Å²) in [5, 5.41) is 10.9. The molecule has 0 radical (unpaired) electrons. The first kappa shape index (κ1) is 30.7. The van der Waals surface area contributed by atoms with E-state index in [9.17, 15) is 27.6 Å². The number of rotatable bonds is 8. The van der Waals surface area contributed by atoms with E-state index >= 15 is 0 Å². The lowest BCUT2D eigenvalue weighted by atomic mass is 10.1. The van der Waals surface area contributed by atoms with Crippen LogP contribution in [-0.4, -0.2) is 35.9 Å². The normalized spacial score (nSPS) is 11.1. The van der Waals surface area contributed by atoms with E-state index in [1.807, 2.05) is 0 Å². The first-order valence-corrected chi connectivity index (χ1v) is 10.3. The van der Waals surface area contributed by atoms with Crippen molar-refractivity contribution in [1.29, 1.82) is 0 Å². The predicted molar refractivity (Wildman–Crippen MR) is 124 cm³/mol. The number of alkyl halides is 3. The van der Waals surface area contributed by atoms with Crippen LogP contribution in [0.3, 0.4) is 0 Å². The maximum absolute atomic E-state index is 12.1. The van der Waals surface area contributed by atoms with Crippen molar-refractivity contribution in [2.45, 2.75) is 44.9 Å². The molecule has 8 N–H and O–H groups in total. The molecule has 0 unspecified atom stereocenters. The Morgan fingerprint density at radius 3 is 2.15 bits per heavy atom. The van der Waals surface area contributed by atoms with Gasteiger partial charge in [-0.1, -0.05) is 24.6 Å². The van der Waals surface area contributed by atoms with E-state index in [0.29, 0.717) is 29.8 Å². The van der Waals surface area contributed by atoms with Crippen molar-refractivity contribution in [3.05, 3.63) is 65.2 Å². The minimum atomic E-state index is -4.27. The van der Waals surface area contributed by atoms with Crippen LogP contribution in [0.4, 0.5) is 18.9 Å². The number of nitrogens with one attached hydrogen (secondary N) is 1. The Bertz CT molecular complexity index is 891. The standard InChI is InChI=1S/C9H9NO2.C8H8F3N.C6H14N2O2/c1-7(12)10-9-4-2-8(6-11)3-5-9;9-8(10,11)7-3-1-2-6(4-7)5-12;7-4-2-1-3-5(8)6(9)10/h2-6H,1H3,(H,10,12);1-4H,5,12H2;5H,1-4,7-8H2,(H,9,10)/t;;5-/m..0/s1. The fourth-order valence-corrected chi connectivity index (χ4v) is 2.35. The number of carboxylic acid groups (broad SMARTS) is 1. The van der Waals surface area contributed by atoms with Crippen LogP contribution in [0.2, 0.25) is 0 Å². The smallest absolute Gasteiger partial charge is 0.416 e. The highest BCUT2D eigenvalue weighted by Gasteiger charge is 2.30. The van der Waals surface area contributed by atoms with Crippen molar-refractivity contribution in [2.24, 2.45) is 17.2 Å². The number of amides is 1. The van der Waals surface area contributed by atoms with Crippen LogP contribution in [0.5, 0.6) is 0 Å². The Hall–Kier alpha value is -3.28. The van der Waals surface area contributed by atoms with Gasteiger partial charge < -0.3 is 27.6 Å². The number of unbranched alkanes of at least 4 members (excludes halogenated alkanes) is 1. The number of hydrogen-bond donors (Lipinski definition) is 5. The summed E-state index contributed by atoms with van der Waals surface area (Å²) >= 11 is 0. The van der Waals surface area contributed by atoms with Crippen molar-refractivity contribution >= 4 is 23.9 Å². The van der Waals surface area contributed by atoms with Gasteiger partial charge in [0, 0.05) is 24.7 Å². The molecule has 11 heteroatoms. The maximum Gasteiger partial charge on any atom is 0.416 e. The molecule has 0 heterocycles. The first-order chi connectivity index (χ1) is 15.9. The highest BCUT2D eigenvalue weighted by Crippen LogP contribution is 2.29. The quantitative estimate of drug-likeness (QED) is 0.284. The second-order valence-corrected chi connectivity index (χ2v) is 7.05. The molecule has 2 aromatic rings. The van der Waals surface area contributed by atoms with Gasteiger partial charge in [-0.25, -0.2) is 0 Å². The second kappa shape index (κ2) is 16.4. The maximum atomic E-state index is 12.1. The Morgan fingerprint density at radius 1 is 1.09 bits per heavy atom. The van der Waals surface area contributed by atoms with Crippen LogP contribution >= 0.6 is 0 Å². The fourth-order valence-electron chi connectivity index (χ4n) is 2.35. The Morgan fingerprint density at radius 2 is 1.71 bits per heavy atom. The molecule has 8 nitrogen and oxygen atoms in total. The van der Waals surface area contributed by atoms with Gasteiger partial charge in [0.15, 0.2) is 0 Å². The number of carboxylic acids is 1. The van der Waals surface area contributed by atoms with E-state index in [0.717, 1.165) is 31.3 Å². The highest BCUT2D eigenvalue weighted by atomic mass is 19.4. The van der Waals surface area contributed by atoms with Crippen LogP contribution in [0, 0.1) is 0 Å². The van der Waals surface area contributed by atoms with Gasteiger partial charge in [-0.2, -0.15) is 13.2 Å². The minimum Gasteiger partial charge on any atom is -0.480 e. The molecule has 0 aliphatic heterocycles. The molecule has 188 valence electrons. The summed E-state index contributed by atoms with van der Waals surface area (Å²) in [4.78, 5) is 31.0. The SMILES string of the molecule is CC(=O)Nc1ccc(C=O)cc1.NCCCC[C@H](N)C(=O)O.NCc1cccc(C(F)(F)F)c1. The zero-order valence-electron chi connectivity index (χ0n) is 18.8. The zero-order valence-corrected chi connectivity index (χ0v) is 18.8. The molecule has 0 aromatic heterocycles. The van der Waals surface area contributed by atoms with Gasteiger partial charge in [-0.3, -0.25) is 14.4 Å². The van der Waals surface area contributed by atoms with Crippen LogP contribution in [0.1, 0.15) is 47.7 Å². The van der Waals surface area contributed by atoms with Crippen LogP contribution in [-0.2, 0) is 22.3 Å². The highest BCUT2D eigenvalue weighted by molar-refractivity contribution is 5.89. The number of carbonyl (C=O) groups excluding carboxylic acids is 2. The van der Waals surface area contributed by atoms with E-state index in [4.69, 9.17) is 22.3 Å². The number of nitrogens with two attached hydrogens (primary N) is 3. The molecule has 34 heavy (non-hydrogen) atoms. The molecule has 2 aromatic carbocycles. The summed E-state index contributed by atoms with van der Waals surface area (Å²) in [6.45, 7) is 2.17. The largest absolute Gasteiger partial charge is 0.480 e. The number of halogens is 3. The van der Waals surface area contributed by atoms with E-state index in [-0.39, 0.29) is 12.5 Å². The van der Waals surface area contributed by atoms with Crippen LogP contribution in [0.25, 0.3) is 0 Å². The topological polar surface area (TPSA) is 162 Å². The van der Waals surface area contributed by atoms with Gasteiger partial charge >= 0.3 is 12.1 Å². The second-order valence-electron chi connectivity index (χ2n) is 7.05. The zero-order chi connectivity index (χ0) is 26.1. The molecule has 0 saturated carbocycles. The van der Waals surface area contributed by atoms with Gasteiger partial charge in [-0.15, -0.1) is 0 Å². The van der Waals surface area contributed by atoms with Gasteiger partial charge in [-0.05, 0) is 55.3 Å².